The maximum atomic E-state index is 6.66. The van der Waals surface area contributed by atoms with Crippen LogP contribution in [0.2, 0.25) is 26.2 Å². The number of hydrogen-bond acceptors (Lipinski definition) is 4. The van der Waals surface area contributed by atoms with Crippen LogP contribution >= 0.6 is 0 Å². The molecule has 0 bridgehead atoms. The molecule has 0 radical (unpaired) electrons. The molecule has 0 spiro atoms. The van der Waals surface area contributed by atoms with Gasteiger partial charge in [0.1, 0.15) is 0 Å². The third kappa shape index (κ3) is 3.10. The topological polar surface area (TPSA) is 36.9 Å². The Kier molecular flexibility index (Phi) is 4.25. The predicted molar refractivity (Wildman–Crippen MR) is 110 cm³/mol. The van der Waals surface area contributed by atoms with Gasteiger partial charge in [-0.05, 0) is 92.7 Å². The molecule has 0 aromatic heterocycles. The van der Waals surface area contributed by atoms with Crippen molar-refractivity contribution in [1.82, 2.24) is 0 Å². The molecule has 0 aromatic rings. The quantitative estimate of drug-likeness (QED) is 0.418. The molecular formula is C20H38O4Si2. The van der Waals surface area contributed by atoms with E-state index in [1.165, 1.54) is 11.1 Å². The summed E-state index contributed by atoms with van der Waals surface area (Å²) in [5, 5.41) is 0. The second-order valence-corrected chi connectivity index (χ2v) is 17.6. The summed E-state index contributed by atoms with van der Waals surface area (Å²) < 4.78 is 26.6. The normalized spacial score (nSPS) is 38.3. The molecule has 6 heteroatoms. The predicted octanol–water partition coefficient (Wildman–Crippen LogP) is 5.14. The lowest BCUT2D eigenvalue weighted by Gasteiger charge is -2.58. The van der Waals surface area contributed by atoms with Crippen LogP contribution in [0.3, 0.4) is 0 Å². The SMILES string of the molecule is CC1(C)O[Si](C)(C)OC(C)(C)C2=C1[C@@H]1[C@H]2C(C)(C)O[Si](C)(C)OC1(C)C. The Hall–Kier alpha value is 0.0138. The van der Waals surface area contributed by atoms with Crippen LogP contribution in [-0.2, 0) is 17.7 Å². The van der Waals surface area contributed by atoms with Crippen molar-refractivity contribution in [2.24, 2.45) is 11.8 Å². The van der Waals surface area contributed by atoms with Crippen LogP contribution in [0, 0.1) is 11.8 Å². The standard InChI is InChI=1S/C20H38O4Si2/c1-17(2)13-14(18(3,4)22-25(9,10)21-17)16-15(13)19(5,6)23-26(11,12)24-20(16,7)8/h13-14H,1-12H3/t13-,14+. The second kappa shape index (κ2) is 5.33. The Labute approximate surface area is 162 Å². The Morgan fingerprint density at radius 1 is 0.538 bits per heavy atom. The number of fused-ring (bicyclic) bond motifs is 3. The van der Waals surface area contributed by atoms with Crippen molar-refractivity contribution in [3.63, 3.8) is 0 Å². The highest BCUT2D eigenvalue weighted by Gasteiger charge is 2.67. The van der Waals surface area contributed by atoms with Gasteiger partial charge in [-0.1, -0.05) is 0 Å². The molecule has 1 saturated heterocycles. The number of rotatable bonds is 0. The van der Waals surface area contributed by atoms with E-state index in [0.717, 1.165) is 0 Å². The molecule has 1 aliphatic carbocycles. The summed E-state index contributed by atoms with van der Waals surface area (Å²) in [6.07, 6.45) is 0. The lowest BCUT2D eigenvalue weighted by Crippen LogP contribution is -2.59. The van der Waals surface area contributed by atoms with E-state index < -0.39 is 17.1 Å². The van der Waals surface area contributed by atoms with E-state index >= 15 is 0 Å². The van der Waals surface area contributed by atoms with Gasteiger partial charge in [-0.3, -0.25) is 0 Å². The first-order valence-electron chi connectivity index (χ1n) is 9.87. The highest BCUT2D eigenvalue weighted by Crippen LogP contribution is 2.64. The lowest BCUT2D eigenvalue weighted by atomic mass is 9.51. The van der Waals surface area contributed by atoms with Crippen molar-refractivity contribution < 1.29 is 17.7 Å². The molecule has 1 fully saturated rings. The van der Waals surface area contributed by atoms with Crippen molar-refractivity contribution >= 4 is 17.1 Å². The van der Waals surface area contributed by atoms with Gasteiger partial charge in [-0.15, -0.1) is 0 Å². The largest absolute Gasteiger partial charge is 0.389 e. The fourth-order valence-electron chi connectivity index (χ4n) is 6.24. The van der Waals surface area contributed by atoms with E-state index in [1.54, 1.807) is 0 Å². The van der Waals surface area contributed by atoms with Crippen molar-refractivity contribution in [3.8, 4) is 0 Å². The molecule has 2 aliphatic heterocycles. The first-order valence-corrected chi connectivity index (χ1v) is 15.5. The van der Waals surface area contributed by atoms with Crippen molar-refractivity contribution in [2.75, 3.05) is 0 Å². The third-order valence-electron chi connectivity index (χ3n) is 6.06. The monoisotopic (exact) mass is 398 g/mol. The zero-order valence-corrected chi connectivity index (χ0v) is 20.8. The first kappa shape index (κ1) is 20.7. The Morgan fingerprint density at radius 2 is 0.808 bits per heavy atom. The maximum absolute atomic E-state index is 6.66. The van der Waals surface area contributed by atoms with Gasteiger partial charge in [0.15, 0.2) is 0 Å². The Morgan fingerprint density at radius 3 is 1.12 bits per heavy atom. The zero-order valence-electron chi connectivity index (χ0n) is 18.8. The van der Waals surface area contributed by atoms with E-state index in [9.17, 15) is 0 Å². The van der Waals surface area contributed by atoms with Gasteiger partial charge >= 0.3 is 17.1 Å². The van der Waals surface area contributed by atoms with E-state index in [-0.39, 0.29) is 34.2 Å². The molecule has 4 nitrogen and oxygen atoms in total. The average Bonchev–Trinajstić information content (AvgIpc) is 2.20. The fourth-order valence-corrected chi connectivity index (χ4v) is 11.8. The van der Waals surface area contributed by atoms with Crippen molar-refractivity contribution in [2.45, 2.75) is 104 Å². The molecule has 3 rings (SSSR count). The molecule has 0 saturated carbocycles. The summed E-state index contributed by atoms with van der Waals surface area (Å²) >= 11 is 0. The minimum absolute atomic E-state index is 0.266. The van der Waals surface area contributed by atoms with Crippen molar-refractivity contribution in [3.05, 3.63) is 11.1 Å². The summed E-state index contributed by atoms with van der Waals surface area (Å²) in [6, 6.07) is 0. The maximum Gasteiger partial charge on any atom is 0.333 e. The molecule has 0 amide bonds. The minimum atomic E-state index is -2.27. The molecule has 2 atom stereocenters. The molecule has 0 N–H and O–H groups in total. The van der Waals surface area contributed by atoms with E-state index in [4.69, 9.17) is 17.7 Å². The third-order valence-corrected chi connectivity index (χ3v) is 10.1. The van der Waals surface area contributed by atoms with E-state index in [0.29, 0.717) is 0 Å². The van der Waals surface area contributed by atoms with Crippen LogP contribution in [0.4, 0.5) is 0 Å². The fraction of sp³-hybridized carbons (Fsp3) is 0.900. The van der Waals surface area contributed by atoms with Crippen LogP contribution in [0.15, 0.2) is 11.1 Å². The molecule has 3 aliphatic rings. The highest BCUT2D eigenvalue weighted by atomic mass is 28.4. The summed E-state index contributed by atoms with van der Waals surface area (Å²) in [7, 11) is -4.52. The Balaban J connectivity index is 2.24. The molecule has 26 heavy (non-hydrogen) atoms. The smallest absolute Gasteiger partial charge is 0.333 e. The van der Waals surface area contributed by atoms with Gasteiger partial charge < -0.3 is 17.7 Å². The van der Waals surface area contributed by atoms with Crippen LogP contribution in [0.5, 0.6) is 0 Å². The van der Waals surface area contributed by atoms with Crippen LogP contribution in [-0.4, -0.2) is 39.5 Å². The molecule has 0 unspecified atom stereocenters. The molecule has 150 valence electrons. The van der Waals surface area contributed by atoms with Crippen LogP contribution in [0.1, 0.15) is 55.4 Å². The highest BCUT2D eigenvalue weighted by molar-refractivity contribution is 6.65. The van der Waals surface area contributed by atoms with E-state index in [2.05, 4.69) is 81.6 Å². The summed E-state index contributed by atoms with van der Waals surface area (Å²) in [5.74, 6) is 0.532. The van der Waals surface area contributed by atoms with Gasteiger partial charge in [0, 0.05) is 11.8 Å². The average molecular weight is 399 g/mol. The van der Waals surface area contributed by atoms with Crippen LogP contribution < -0.4 is 0 Å². The summed E-state index contributed by atoms with van der Waals surface area (Å²) in [5.41, 5.74) is 1.46. The minimum Gasteiger partial charge on any atom is -0.389 e. The van der Waals surface area contributed by atoms with Gasteiger partial charge in [-0.25, -0.2) is 0 Å². The Bertz CT molecular complexity index is 605. The summed E-state index contributed by atoms with van der Waals surface area (Å²) in [6.45, 7) is 26.3. The van der Waals surface area contributed by atoms with E-state index in [1.807, 2.05) is 0 Å². The number of hydrogen-bond donors (Lipinski definition) is 0. The lowest BCUT2D eigenvalue weighted by molar-refractivity contribution is -0.0266. The second-order valence-electron chi connectivity index (χ2n) is 11.2. The molecule has 0 aromatic carbocycles. The molecule has 2 heterocycles. The summed E-state index contributed by atoms with van der Waals surface area (Å²) in [4.78, 5) is 0. The van der Waals surface area contributed by atoms with Crippen molar-refractivity contribution in [1.29, 1.82) is 0 Å². The zero-order chi connectivity index (χ0) is 20.1. The van der Waals surface area contributed by atoms with Gasteiger partial charge in [0.25, 0.3) is 0 Å². The van der Waals surface area contributed by atoms with Crippen LogP contribution in [0.25, 0.3) is 0 Å². The van der Waals surface area contributed by atoms with Gasteiger partial charge in [0.05, 0.1) is 22.4 Å². The first-order chi connectivity index (χ1) is 11.3. The van der Waals surface area contributed by atoms with Gasteiger partial charge in [0.2, 0.25) is 0 Å². The van der Waals surface area contributed by atoms with Gasteiger partial charge in [-0.2, -0.15) is 0 Å². The molecular weight excluding hydrogens is 360 g/mol.